The number of thiazole rings is 1. The van der Waals surface area contributed by atoms with Gasteiger partial charge in [0.25, 0.3) is 0 Å². The first-order valence-corrected chi connectivity index (χ1v) is 7.31. The van der Waals surface area contributed by atoms with Crippen LogP contribution in [0.1, 0.15) is 18.5 Å². The second-order valence-electron chi connectivity index (χ2n) is 4.34. The van der Waals surface area contributed by atoms with Crippen LogP contribution in [0.3, 0.4) is 0 Å². The van der Waals surface area contributed by atoms with E-state index in [9.17, 15) is 9.59 Å². The van der Waals surface area contributed by atoms with E-state index in [1.807, 2.05) is 23.6 Å². The lowest BCUT2D eigenvalue weighted by atomic mass is 10.2. The summed E-state index contributed by atoms with van der Waals surface area (Å²) in [6, 6.07) is 8.76. The number of carboxylic acid groups (broad SMARTS) is 1. The lowest BCUT2D eigenvalue weighted by Crippen LogP contribution is -2.19. The molecule has 0 fully saturated rings. The average Bonchev–Trinajstić information content (AvgIpc) is 2.86. The molecule has 0 aliphatic heterocycles. The first-order valence-electron chi connectivity index (χ1n) is 6.43. The quantitative estimate of drug-likeness (QED) is 0.764. The van der Waals surface area contributed by atoms with E-state index in [0.29, 0.717) is 23.7 Å². The lowest BCUT2D eigenvalue weighted by molar-refractivity contribution is -0.137. The summed E-state index contributed by atoms with van der Waals surface area (Å²) >= 11 is 1.32. The number of hydrogen-bond acceptors (Lipinski definition) is 4. The van der Waals surface area contributed by atoms with Crippen molar-refractivity contribution in [3.8, 4) is 0 Å². The fraction of sp³-hybridized carbons (Fsp3) is 0.214. The SMILES string of the molecule is O=C(O)CCCc1csc(NC(=O)Nc2ccccc2)n1. The number of carboxylic acids is 1. The van der Waals surface area contributed by atoms with Crippen LogP contribution in [0.25, 0.3) is 0 Å². The number of nitrogens with zero attached hydrogens (tertiary/aromatic N) is 1. The van der Waals surface area contributed by atoms with Crippen LogP contribution in [0.5, 0.6) is 0 Å². The molecule has 0 bridgehead atoms. The van der Waals surface area contributed by atoms with E-state index in [-0.39, 0.29) is 12.5 Å². The topological polar surface area (TPSA) is 91.3 Å². The van der Waals surface area contributed by atoms with E-state index in [1.165, 1.54) is 11.3 Å². The van der Waals surface area contributed by atoms with Gasteiger partial charge in [-0.25, -0.2) is 9.78 Å². The first-order chi connectivity index (χ1) is 10.1. The number of para-hydroxylation sites is 1. The molecular weight excluding hydrogens is 290 g/mol. The molecule has 0 spiro atoms. The minimum absolute atomic E-state index is 0.120. The number of rotatable bonds is 6. The van der Waals surface area contributed by atoms with Gasteiger partial charge in [-0.15, -0.1) is 11.3 Å². The third-order valence-corrected chi connectivity index (χ3v) is 3.43. The highest BCUT2D eigenvalue weighted by atomic mass is 32.1. The maximum Gasteiger partial charge on any atom is 0.325 e. The maximum atomic E-state index is 11.8. The summed E-state index contributed by atoms with van der Waals surface area (Å²) in [5.41, 5.74) is 1.49. The van der Waals surface area contributed by atoms with Crippen molar-refractivity contribution in [2.45, 2.75) is 19.3 Å². The summed E-state index contributed by atoms with van der Waals surface area (Å²) in [6.45, 7) is 0. The van der Waals surface area contributed by atoms with Gasteiger partial charge in [-0.05, 0) is 25.0 Å². The average molecular weight is 305 g/mol. The molecule has 0 aliphatic rings. The molecule has 110 valence electrons. The van der Waals surface area contributed by atoms with E-state index in [0.717, 1.165) is 5.69 Å². The molecule has 1 aromatic carbocycles. The summed E-state index contributed by atoms with van der Waals surface area (Å²) in [7, 11) is 0. The van der Waals surface area contributed by atoms with Gasteiger partial charge in [-0.3, -0.25) is 10.1 Å². The van der Waals surface area contributed by atoms with Gasteiger partial charge in [0.1, 0.15) is 0 Å². The molecule has 1 heterocycles. The molecule has 2 rings (SSSR count). The monoisotopic (exact) mass is 305 g/mol. The molecule has 0 radical (unpaired) electrons. The van der Waals surface area contributed by atoms with Crippen LogP contribution in [0, 0.1) is 0 Å². The van der Waals surface area contributed by atoms with Crippen molar-refractivity contribution in [3.05, 3.63) is 41.4 Å². The van der Waals surface area contributed by atoms with Crippen LogP contribution in [-0.2, 0) is 11.2 Å². The zero-order valence-corrected chi connectivity index (χ0v) is 12.0. The maximum absolute atomic E-state index is 11.8. The Bertz CT molecular complexity index is 613. The standard InChI is InChI=1S/C14H15N3O3S/c18-12(19)8-4-7-11-9-21-14(16-11)17-13(20)15-10-5-2-1-3-6-10/h1-3,5-6,9H,4,7-8H2,(H,18,19)(H2,15,16,17,20). The Morgan fingerprint density at radius 3 is 2.67 bits per heavy atom. The van der Waals surface area contributed by atoms with Crippen molar-refractivity contribution < 1.29 is 14.7 Å². The van der Waals surface area contributed by atoms with Gasteiger partial charge >= 0.3 is 12.0 Å². The van der Waals surface area contributed by atoms with Crippen molar-refractivity contribution in [2.75, 3.05) is 10.6 Å². The predicted molar refractivity (Wildman–Crippen MR) is 81.8 cm³/mol. The van der Waals surface area contributed by atoms with Crippen LogP contribution >= 0.6 is 11.3 Å². The number of aromatic nitrogens is 1. The summed E-state index contributed by atoms with van der Waals surface area (Å²) in [5, 5.41) is 16.2. The van der Waals surface area contributed by atoms with E-state index in [2.05, 4.69) is 15.6 Å². The van der Waals surface area contributed by atoms with Crippen LogP contribution in [0.4, 0.5) is 15.6 Å². The third-order valence-electron chi connectivity index (χ3n) is 2.63. The number of hydrogen-bond donors (Lipinski definition) is 3. The molecule has 0 saturated heterocycles. The van der Waals surface area contributed by atoms with Gasteiger partial charge in [0, 0.05) is 17.5 Å². The molecule has 0 unspecified atom stereocenters. The second-order valence-corrected chi connectivity index (χ2v) is 5.19. The normalized spacial score (nSPS) is 10.1. The Kier molecular flexibility index (Phi) is 5.28. The largest absolute Gasteiger partial charge is 0.481 e. The molecule has 0 aliphatic carbocycles. The molecule has 0 atom stereocenters. The molecule has 7 heteroatoms. The summed E-state index contributed by atoms with van der Waals surface area (Å²) in [4.78, 5) is 26.4. The zero-order valence-electron chi connectivity index (χ0n) is 11.2. The number of anilines is 2. The van der Waals surface area contributed by atoms with E-state index in [1.54, 1.807) is 12.1 Å². The van der Waals surface area contributed by atoms with E-state index < -0.39 is 5.97 Å². The van der Waals surface area contributed by atoms with Gasteiger partial charge in [0.05, 0.1) is 5.69 Å². The molecule has 0 saturated carbocycles. The minimum atomic E-state index is -0.814. The van der Waals surface area contributed by atoms with Gasteiger partial charge in [-0.1, -0.05) is 18.2 Å². The predicted octanol–water partition coefficient (Wildman–Crippen LogP) is 3.19. The third kappa shape index (κ3) is 5.23. The number of nitrogens with one attached hydrogen (secondary N) is 2. The summed E-state index contributed by atoms with van der Waals surface area (Å²) < 4.78 is 0. The fourth-order valence-corrected chi connectivity index (χ4v) is 2.42. The number of carbonyl (C=O) groups excluding carboxylic acids is 1. The zero-order chi connectivity index (χ0) is 15.1. The second kappa shape index (κ2) is 7.39. The molecular formula is C14H15N3O3S. The summed E-state index contributed by atoms with van der Waals surface area (Å²) in [6.07, 6.45) is 1.24. The number of carbonyl (C=O) groups is 2. The highest BCUT2D eigenvalue weighted by molar-refractivity contribution is 7.13. The Morgan fingerprint density at radius 2 is 1.95 bits per heavy atom. The number of benzene rings is 1. The fourth-order valence-electron chi connectivity index (χ4n) is 1.68. The Labute approximate surface area is 125 Å². The van der Waals surface area contributed by atoms with E-state index in [4.69, 9.17) is 5.11 Å². The molecule has 6 nitrogen and oxygen atoms in total. The molecule has 1 aromatic heterocycles. The minimum Gasteiger partial charge on any atom is -0.481 e. The number of amides is 2. The lowest BCUT2D eigenvalue weighted by Gasteiger charge is -2.04. The van der Waals surface area contributed by atoms with Gasteiger partial charge in [0.2, 0.25) is 0 Å². The highest BCUT2D eigenvalue weighted by Gasteiger charge is 2.07. The van der Waals surface area contributed by atoms with Gasteiger partial charge in [0.15, 0.2) is 5.13 Å². The van der Waals surface area contributed by atoms with E-state index >= 15 is 0 Å². The molecule has 21 heavy (non-hydrogen) atoms. The van der Waals surface area contributed by atoms with Crippen molar-refractivity contribution in [1.82, 2.24) is 4.98 Å². The first kappa shape index (κ1) is 15.0. The molecule has 3 N–H and O–H groups in total. The Hall–Kier alpha value is -2.41. The van der Waals surface area contributed by atoms with Crippen LogP contribution < -0.4 is 10.6 Å². The highest BCUT2D eigenvalue weighted by Crippen LogP contribution is 2.17. The smallest absolute Gasteiger partial charge is 0.325 e. The van der Waals surface area contributed by atoms with Crippen LogP contribution in [-0.4, -0.2) is 22.1 Å². The number of aliphatic carboxylic acids is 1. The van der Waals surface area contributed by atoms with Crippen molar-refractivity contribution in [2.24, 2.45) is 0 Å². The number of aryl methyl sites for hydroxylation is 1. The van der Waals surface area contributed by atoms with Crippen molar-refractivity contribution in [3.63, 3.8) is 0 Å². The Morgan fingerprint density at radius 1 is 1.19 bits per heavy atom. The van der Waals surface area contributed by atoms with Gasteiger partial charge < -0.3 is 10.4 Å². The van der Waals surface area contributed by atoms with Gasteiger partial charge in [-0.2, -0.15) is 0 Å². The molecule has 2 aromatic rings. The van der Waals surface area contributed by atoms with Crippen molar-refractivity contribution >= 4 is 34.2 Å². The Balaban J connectivity index is 1.81. The number of urea groups is 1. The summed E-state index contributed by atoms with van der Waals surface area (Å²) in [5.74, 6) is -0.814. The molecule has 2 amide bonds. The van der Waals surface area contributed by atoms with Crippen LogP contribution in [0.15, 0.2) is 35.7 Å². The van der Waals surface area contributed by atoms with Crippen molar-refractivity contribution in [1.29, 1.82) is 0 Å². The van der Waals surface area contributed by atoms with Crippen LogP contribution in [0.2, 0.25) is 0 Å².